The number of amides is 1. The highest BCUT2D eigenvalue weighted by Crippen LogP contribution is 2.20. The lowest BCUT2D eigenvalue weighted by atomic mass is 10.1. The van der Waals surface area contributed by atoms with Gasteiger partial charge in [-0.3, -0.25) is 4.79 Å². The van der Waals surface area contributed by atoms with Crippen LogP contribution < -0.4 is 0 Å². The van der Waals surface area contributed by atoms with Crippen LogP contribution in [-0.2, 0) is 24.1 Å². The monoisotopic (exact) mass is 465 g/mol. The fourth-order valence-corrected chi connectivity index (χ4v) is 4.45. The van der Waals surface area contributed by atoms with Crippen molar-refractivity contribution in [3.63, 3.8) is 0 Å². The standard InChI is InChI=1S/C25H24ClN3O2S/c1-29(12-6-11-22-16-23(28-31-22)19-8-3-2-4-9-19)25(30)15-21-17-32-24(27-21)14-18-7-5-10-20(26)13-18/h2-5,7-10,13,16-17H,6,11-12,14-15H2,1H3. The van der Waals surface area contributed by atoms with E-state index in [1.54, 1.807) is 16.2 Å². The average Bonchev–Trinajstić information content (AvgIpc) is 3.44. The van der Waals surface area contributed by atoms with Crippen molar-refractivity contribution >= 4 is 28.8 Å². The second-order valence-electron chi connectivity index (χ2n) is 7.68. The van der Waals surface area contributed by atoms with Crippen LogP contribution in [-0.4, -0.2) is 34.5 Å². The third-order valence-electron chi connectivity index (χ3n) is 5.15. The summed E-state index contributed by atoms with van der Waals surface area (Å²) >= 11 is 7.63. The van der Waals surface area contributed by atoms with Crippen molar-refractivity contribution in [1.82, 2.24) is 15.0 Å². The molecule has 0 atom stereocenters. The molecule has 2 heterocycles. The molecule has 164 valence electrons. The molecule has 0 bridgehead atoms. The number of carbonyl (C=O) groups is 1. The van der Waals surface area contributed by atoms with Gasteiger partial charge in [0.05, 0.1) is 17.1 Å². The Balaban J connectivity index is 1.23. The number of hydrogen-bond acceptors (Lipinski definition) is 5. The van der Waals surface area contributed by atoms with Gasteiger partial charge in [0.1, 0.15) is 11.5 Å². The first-order chi connectivity index (χ1) is 15.6. The fourth-order valence-electron chi connectivity index (χ4n) is 3.41. The molecule has 0 aliphatic rings. The Kier molecular flexibility index (Phi) is 7.35. The molecule has 7 heteroatoms. The molecular weight excluding hydrogens is 442 g/mol. The molecule has 0 fully saturated rings. The van der Waals surface area contributed by atoms with E-state index in [2.05, 4.69) is 10.1 Å². The molecule has 32 heavy (non-hydrogen) atoms. The van der Waals surface area contributed by atoms with Gasteiger partial charge in [0.15, 0.2) is 0 Å². The molecule has 0 radical (unpaired) electrons. The number of aryl methyl sites for hydroxylation is 1. The van der Waals surface area contributed by atoms with Crippen LogP contribution in [0.4, 0.5) is 0 Å². The highest BCUT2D eigenvalue weighted by molar-refractivity contribution is 7.09. The molecule has 0 spiro atoms. The Morgan fingerprint density at radius 2 is 1.97 bits per heavy atom. The molecule has 0 unspecified atom stereocenters. The van der Waals surface area contributed by atoms with E-state index in [-0.39, 0.29) is 5.91 Å². The Morgan fingerprint density at radius 3 is 2.78 bits per heavy atom. The van der Waals surface area contributed by atoms with Crippen LogP contribution in [0.15, 0.2) is 70.6 Å². The molecule has 4 rings (SSSR count). The Bertz CT molecular complexity index is 1170. The van der Waals surface area contributed by atoms with E-state index >= 15 is 0 Å². The summed E-state index contributed by atoms with van der Waals surface area (Å²) in [5.74, 6) is 0.891. The Morgan fingerprint density at radius 1 is 1.12 bits per heavy atom. The van der Waals surface area contributed by atoms with Crippen molar-refractivity contribution in [2.45, 2.75) is 25.7 Å². The third kappa shape index (κ3) is 6.05. The number of rotatable bonds is 9. The Hall–Kier alpha value is -2.96. The summed E-state index contributed by atoms with van der Waals surface area (Å²) in [6, 6.07) is 19.7. The number of carbonyl (C=O) groups excluding carboxylic acids is 1. The van der Waals surface area contributed by atoms with Crippen LogP contribution in [0, 0.1) is 0 Å². The van der Waals surface area contributed by atoms with Crippen molar-refractivity contribution in [2.24, 2.45) is 0 Å². The predicted molar refractivity (Wildman–Crippen MR) is 128 cm³/mol. The van der Waals surface area contributed by atoms with Gasteiger partial charge >= 0.3 is 0 Å². The topological polar surface area (TPSA) is 59.2 Å². The number of thiazole rings is 1. The maximum absolute atomic E-state index is 12.6. The summed E-state index contributed by atoms with van der Waals surface area (Å²) in [5.41, 5.74) is 3.80. The van der Waals surface area contributed by atoms with Gasteiger partial charge in [-0.25, -0.2) is 4.98 Å². The lowest BCUT2D eigenvalue weighted by molar-refractivity contribution is -0.129. The molecule has 2 aromatic heterocycles. The zero-order valence-electron chi connectivity index (χ0n) is 17.8. The molecule has 5 nitrogen and oxygen atoms in total. The van der Waals surface area contributed by atoms with Crippen LogP contribution in [0.2, 0.25) is 5.02 Å². The summed E-state index contributed by atoms with van der Waals surface area (Å²) < 4.78 is 5.45. The van der Waals surface area contributed by atoms with E-state index in [1.807, 2.05) is 73.1 Å². The van der Waals surface area contributed by atoms with Gasteiger partial charge in [-0.1, -0.05) is 59.2 Å². The summed E-state index contributed by atoms with van der Waals surface area (Å²) in [4.78, 5) is 19.0. The lowest BCUT2D eigenvalue weighted by Gasteiger charge is -2.16. The normalized spacial score (nSPS) is 10.9. The van der Waals surface area contributed by atoms with Crippen LogP contribution >= 0.6 is 22.9 Å². The van der Waals surface area contributed by atoms with E-state index in [9.17, 15) is 4.79 Å². The predicted octanol–water partition coefficient (Wildman–Crippen LogP) is 5.68. The quantitative estimate of drug-likeness (QED) is 0.319. The molecule has 0 saturated carbocycles. The second-order valence-corrected chi connectivity index (χ2v) is 9.06. The molecule has 1 amide bonds. The summed E-state index contributed by atoms with van der Waals surface area (Å²) in [6.45, 7) is 0.652. The molecule has 2 aromatic carbocycles. The highest BCUT2D eigenvalue weighted by Gasteiger charge is 2.13. The minimum absolute atomic E-state index is 0.0622. The van der Waals surface area contributed by atoms with Crippen LogP contribution in [0.3, 0.4) is 0 Å². The van der Waals surface area contributed by atoms with E-state index < -0.39 is 0 Å². The van der Waals surface area contributed by atoms with Crippen molar-refractivity contribution in [1.29, 1.82) is 0 Å². The van der Waals surface area contributed by atoms with Gasteiger partial charge in [-0.05, 0) is 24.1 Å². The number of aromatic nitrogens is 2. The van der Waals surface area contributed by atoms with Crippen LogP contribution in [0.25, 0.3) is 11.3 Å². The van der Waals surface area contributed by atoms with Gasteiger partial charge in [-0.15, -0.1) is 11.3 Å². The SMILES string of the molecule is CN(CCCc1cc(-c2ccccc2)no1)C(=O)Cc1csc(Cc2cccc(Cl)c2)n1. The van der Waals surface area contributed by atoms with E-state index in [0.717, 1.165) is 57.6 Å². The third-order valence-corrected chi connectivity index (χ3v) is 6.28. The van der Waals surface area contributed by atoms with Gasteiger partial charge in [0.2, 0.25) is 5.91 Å². The maximum atomic E-state index is 12.6. The van der Waals surface area contributed by atoms with E-state index in [4.69, 9.17) is 16.1 Å². The van der Waals surface area contributed by atoms with Gasteiger partial charge in [-0.2, -0.15) is 0 Å². The summed E-state index contributed by atoms with van der Waals surface area (Å²) in [5, 5.41) is 7.81. The van der Waals surface area contributed by atoms with Gasteiger partial charge in [0, 0.05) is 48.5 Å². The molecule has 0 saturated heterocycles. The van der Waals surface area contributed by atoms with Crippen molar-refractivity contribution < 1.29 is 9.32 Å². The summed E-state index contributed by atoms with van der Waals surface area (Å²) in [6.07, 6.45) is 2.57. The first-order valence-electron chi connectivity index (χ1n) is 10.5. The van der Waals surface area contributed by atoms with E-state index in [0.29, 0.717) is 13.0 Å². The minimum atomic E-state index is 0.0622. The van der Waals surface area contributed by atoms with Crippen molar-refractivity contribution in [3.05, 3.63) is 93.1 Å². The molecule has 0 aliphatic carbocycles. The largest absolute Gasteiger partial charge is 0.361 e. The molecule has 4 aromatic rings. The van der Waals surface area contributed by atoms with Crippen LogP contribution in [0.1, 0.15) is 28.4 Å². The second kappa shape index (κ2) is 10.6. The maximum Gasteiger partial charge on any atom is 0.228 e. The number of halogens is 1. The average molecular weight is 466 g/mol. The fraction of sp³-hybridized carbons (Fsp3) is 0.240. The van der Waals surface area contributed by atoms with Gasteiger partial charge < -0.3 is 9.42 Å². The summed E-state index contributed by atoms with van der Waals surface area (Å²) in [7, 11) is 1.83. The smallest absolute Gasteiger partial charge is 0.228 e. The molecule has 0 aliphatic heterocycles. The van der Waals surface area contributed by atoms with Gasteiger partial charge in [0.25, 0.3) is 0 Å². The number of hydrogen-bond donors (Lipinski definition) is 0. The Labute approximate surface area is 196 Å². The van der Waals surface area contributed by atoms with Crippen molar-refractivity contribution in [3.8, 4) is 11.3 Å². The lowest BCUT2D eigenvalue weighted by Crippen LogP contribution is -2.29. The number of nitrogens with zero attached hydrogens (tertiary/aromatic N) is 3. The first kappa shape index (κ1) is 22.2. The van der Waals surface area contributed by atoms with Crippen molar-refractivity contribution in [2.75, 3.05) is 13.6 Å². The van der Waals surface area contributed by atoms with E-state index in [1.165, 1.54) is 0 Å². The van der Waals surface area contributed by atoms with Crippen LogP contribution in [0.5, 0.6) is 0 Å². The molecule has 0 N–H and O–H groups in total. The number of likely N-dealkylation sites (N-methyl/N-ethyl adjacent to an activating group) is 1. The highest BCUT2D eigenvalue weighted by atomic mass is 35.5. The minimum Gasteiger partial charge on any atom is -0.361 e. The zero-order valence-corrected chi connectivity index (χ0v) is 19.4. The molecular formula is C25H24ClN3O2S. The first-order valence-corrected chi connectivity index (χ1v) is 11.8. The number of benzene rings is 2. The zero-order chi connectivity index (χ0) is 22.3.